The Morgan fingerprint density at radius 1 is 1.35 bits per heavy atom. The molecule has 0 aliphatic heterocycles. The standard InChI is InChI=1S/C15H23NO2S2/c1-18-15(17)9-13-7-8-14(20-13)10-16-11-3-5-12(19-2)6-4-11/h7-8,11-12,16H,3-6,9-10H2,1-2H3. The van der Waals surface area contributed by atoms with E-state index >= 15 is 0 Å². The Balaban J connectivity index is 1.73. The highest BCUT2D eigenvalue weighted by atomic mass is 32.2. The lowest BCUT2D eigenvalue weighted by molar-refractivity contribution is -0.139. The van der Waals surface area contributed by atoms with Gasteiger partial charge in [0.05, 0.1) is 13.5 Å². The van der Waals surface area contributed by atoms with Gasteiger partial charge >= 0.3 is 5.97 Å². The number of carbonyl (C=O) groups is 1. The number of ether oxygens (including phenoxy) is 1. The third-order valence-electron chi connectivity index (χ3n) is 3.84. The van der Waals surface area contributed by atoms with Crippen molar-refractivity contribution in [2.75, 3.05) is 13.4 Å². The topological polar surface area (TPSA) is 38.3 Å². The van der Waals surface area contributed by atoms with Crippen molar-refractivity contribution in [3.8, 4) is 0 Å². The highest BCUT2D eigenvalue weighted by molar-refractivity contribution is 7.99. The van der Waals surface area contributed by atoms with E-state index in [9.17, 15) is 4.79 Å². The van der Waals surface area contributed by atoms with Crippen LogP contribution in [0.5, 0.6) is 0 Å². The van der Waals surface area contributed by atoms with Crippen LogP contribution >= 0.6 is 23.1 Å². The van der Waals surface area contributed by atoms with Crippen LogP contribution in [0, 0.1) is 0 Å². The molecule has 20 heavy (non-hydrogen) atoms. The summed E-state index contributed by atoms with van der Waals surface area (Å²) >= 11 is 3.71. The zero-order valence-corrected chi connectivity index (χ0v) is 13.8. The fraction of sp³-hybridized carbons (Fsp3) is 0.667. The van der Waals surface area contributed by atoms with Crippen molar-refractivity contribution in [3.05, 3.63) is 21.9 Å². The van der Waals surface area contributed by atoms with Gasteiger partial charge in [0.1, 0.15) is 0 Å². The van der Waals surface area contributed by atoms with E-state index in [-0.39, 0.29) is 5.97 Å². The molecule has 0 spiro atoms. The number of esters is 1. The van der Waals surface area contributed by atoms with Crippen LogP contribution in [-0.2, 0) is 22.5 Å². The van der Waals surface area contributed by atoms with Crippen LogP contribution in [0.3, 0.4) is 0 Å². The zero-order valence-electron chi connectivity index (χ0n) is 12.2. The van der Waals surface area contributed by atoms with Crippen LogP contribution in [0.4, 0.5) is 0 Å². The summed E-state index contributed by atoms with van der Waals surface area (Å²) in [6, 6.07) is 4.80. The molecule has 0 radical (unpaired) electrons. The van der Waals surface area contributed by atoms with Gasteiger partial charge in [0.15, 0.2) is 0 Å². The SMILES string of the molecule is COC(=O)Cc1ccc(CNC2CCC(SC)CC2)s1. The first-order valence-corrected chi connectivity index (χ1v) is 9.22. The van der Waals surface area contributed by atoms with Gasteiger partial charge in [-0.1, -0.05) is 0 Å². The zero-order chi connectivity index (χ0) is 14.4. The van der Waals surface area contributed by atoms with E-state index < -0.39 is 0 Å². The number of carbonyl (C=O) groups excluding carboxylic acids is 1. The minimum Gasteiger partial charge on any atom is -0.469 e. The number of nitrogens with one attached hydrogen (secondary N) is 1. The predicted molar refractivity (Wildman–Crippen MR) is 86.4 cm³/mol. The third-order valence-corrected chi connectivity index (χ3v) is 6.06. The molecule has 5 heteroatoms. The molecule has 0 unspecified atom stereocenters. The van der Waals surface area contributed by atoms with Crippen molar-refractivity contribution in [1.29, 1.82) is 0 Å². The van der Waals surface area contributed by atoms with Gasteiger partial charge in [-0.05, 0) is 44.1 Å². The Kier molecular flexibility index (Phi) is 6.39. The summed E-state index contributed by atoms with van der Waals surface area (Å²) in [6.07, 6.45) is 7.83. The Morgan fingerprint density at radius 2 is 2.05 bits per heavy atom. The Labute approximate surface area is 129 Å². The van der Waals surface area contributed by atoms with E-state index in [1.54, 1.807) is 11.3 Å². The number of thioether (sulfide) groups is 1. The Hall–Kier alpha value is -0.520. The molecule has 1 aromatic rings. The lowest BCUT2D eigenvalue weighted by Gasteiger charge is -2.28. The Morgan fingerprint density at radius 3 is 2.70 bits per heavy atom. The molecule has 1 aromatic heterocycles. The normalized spacial score (nSPS) is 22.7. The molecule has 3 nitrogen and oxygen atoms in total. The maximum absolute atomic E-state index is 11.2. The van der Waals surface area contributed by atoms with Gasteiger partial charge in [-0.2, -0.15) is 11.8 Å². The molecule has 0 aromatic carbocycles. The summed E-state index contributed by atoms with van der Waals surface area (Å²) in [5, 5.41) is 4.51. The summed E-state index contributed by atoms with van der Waals surface area (Å²) < 4.78 is 4.69. The van der Waals surface area contributed by atoms with E-state index in [2.05, 4.69) is 22.4 Å². The first kappa shape index (κ1) is 15.9. The minimum absolute atomic E-state index is 0.165. The molecule has 1 aliphatic carbocycles. The molecule has 1 fully saturated rings. The lowest BCUT2D eigenvalue weighted by atomic mass is 9.95. The molecule has 112 valence electrons. The Bertz CT molecular complexity index is 425. The van der Waals surface area contributed by atoms with Gasteiger partial charge in [-0.15, -0.1) is 11.3 Å². The first-order valence-electron chi connectivity index (χ1n) is 7.12. The summed E-state index contributed by atoms with van der Waals surface area (Å²) in [5.41, 5.74) is 0. The van der Waals surface area contributed by atoms with Gasteiger partial charge in [0.2, 0.25) is 0 Å². The van der Waals surface area contributed by atoms with E-state index in [0.717, 1.165) is 16.7 Å². The third kappa shape index (κ3) is 4.79. The van der Waals surface area contributed by atoms with Gasteiger partial charge in [-0.3, -0.25) is 4.79 Å². The van der Waals surface area contributed by atoms with Crippen LogP contribution in [0.2, 0.25) is 0 Å². The van der Waals surface area contributed by atoms with Gasteiger partial charge in [-0.25, -0.2) is 0 Å². The average molecular weight is 313 g/mol. The molecule has 1 N–H and O–H groups in total. The fourth-order valence-electron chi connectivity index (χ4n) is 2.57. The van der Waals surface area contributed by atoms with Crippen LogP contribution < -0.4 is 5.32 Å². The molecular formula is C15H23NO2S2. The van der Waals surface area contributed by atoms with Gasteiger partial charge in [0.25, 0.3) is 0 Å². The van der Waals surface area contributed by atoms with Gasteiger partial charge in [0, 0.05) is 27.6 Å². The van der Waals surface area contributed by atoms with Crippen molar-refractivity contribution in [2.45, 2.75) is 49.9 Å². The molecule has 1 heterocycles. The van der Waals surface area contributed by atoms with Gasteiger partial charge < -0.3 is 10.1 Å². The second kappa shape index (κ2) is 8.05. The highest BCUT2D eigenvalue weighted by Gasteiger charge is 2.19. The molecule has 1 saturated carbocycles. The maximum atomic E-state index is 11.2. The van der Waals surface area contributed by atoms with Crippen molar-refractivity contribution < 1.29 is 9.53 Å². The van der Waals surface area contributed by atoms with Crippen molar-refractivity contribution in [3.63, 3.8) is 0 Å². The molecule has 0 saturated heterocycles. The number of thiophene rings is 1. The molecule has 0 atom stereocenters. The highest BCUT2D eigenvalue weighted by Crippen LogP contribution is 2.27. The van der Waals surface area contributed by atoms with Crippen LogP contribution in [-0.4, -0.2) is 30.6 Å². The summed E-state index contributed by atoms with van der Waals surface area (Å²) in [6.45, 7) is 0.917. The summed E-state index contributed by atoms with van der Waals surface area (Å²) in [4.78, 5) is 13.6. The number of rotatable bonds is 6. The van der Waals surface area contributed by atoms with E-state index in [1.807, 2.05) is 17.8 Å². The van der Waals surface area contributed by atoms with Crippen molar-refractivity contribution in [1.82, 2.24) is 5.32 Å². The lowest BCUT2D eigenvalue weighted by Crippen LogP contribution is -2.33. The van der Waals surface area contributed by atoms with Crippen LogP contribution in [0.15, 0.2) is 12.1 Å². The largest absolute Gasteiger partial charge is 0.469 e. The number of methoxy groups -OCH3 is 1. The van der Waals surface area contributed by atoms with Crippen molar-refractivity contribution in [2.24, 2.45) is 0 Å². The second-order valence-electron chi connectivity index (χ2n) is 5.21. The average Bonchev–Trinajstić information content (AvgIpc) is 2.93. The second-order valence-corrected chi connectivity index (χ2v) is 7.60. The summed E-state index contributed by atoms with van der Waals surface area (Å²) in [5.74, 6) is -0.165. The smallest absolute Gasteiger partial charge is 0.310 e. The molecular weight excluding hydrogens is 290 g/mol. The molecule has 0 bridgehead atoms. The quantitative estimate of drug-likeness (QED) is 0.818. The van der Waals surface area contributed by atoms with Crippen LogP contribution in [0.1, 0.15) is 35.4 Å². The van der Waals surface area contributed by atoms with E-state index in [1.165, 1.54) is 37.7 Å². The number of hydrogen-bond donors (Lipinski definition) is 1. The minimum atomic E-state index is -0.165. The predicted octanol–water partition coefficient (Wildman–Crippen LogP) is 3.23. The molecule has 2 rings (SSSR count). The number of hydrogen-bond acceptors (Lipinski definition) is 5. The molecule has 0 amide bonds. The molecule has 1 aliphatic rings. The monoisotopic (exact) mass is 313 g/mol. The first-order chi connectivity index (χ1) is 9.71. The van der Waals surface area contributed by atoms with E-state index in [0.29, 0.717) is 12.5 Å². The van der Waals surface area contributed by atoms with Crippen molar-refractivity contribution >= 4 is 29.1 Å². The maximum Gasteiger partial charge on any atom is 0.310 e. The fourth-order valence-corrected chi connectivity index (χ4v) is 4.27. The van der Waals surface area contributed by atoms with Crippen LogP contribution in [0.25, 0.3) is 0 Å². The summed E-state index contributed by atoms with van der Waals surface area (Å²) in [7, 11) is 1.43. The van der Waals surface area contributed by atoms with E-state index in [4.69, 9.17) is 0 Å².